The Morgan fingerprint density at radius 1 is 0.962 bits per heavy atom. The van der Waals surface area contributed by atoms with E-state index in [2.05, 4.69) is 93.3 Å². The maximum absolute atomic E-state index is 4.89. The fourth-order valence-electron chi connectivity index (χ4n) is 2.93. The first-order chi connectivity index (χ1) is 12.6. The summed E-state index contributed by atoms with van der Waals surface area (Å²) in [5.74, 6) is 0. The Labute approximate surface area is 156 Å². The van der Waals surface area contributed by atoms with Gasteiger partial charge in [-0.2, -0.15) is 0 Å². The van der Waals surface area contributed by atoms with Crippen molar-refractivity contribution in [2.75, 3.05) is 0 Å². The van der Waals surface area contributed by atoms with Crippen LogP contribution in [0.4, 0.5) is 0 Å². The molecule has 0 aromatic heterocycles. The molecule has 0 saturated carbocycles. The fourth-order valence-corrected chi connectivity index (χ4v) is 2.93. The Balaban J connectivity index is 2.00. The summed E-state index contributed by atoms with van der Waals surface area (Å²) in [6, 6.07) is 18.9. The topological polar surface area (TPSA) is 12.4 Å². The number of nitrogens with zero attached hydrogens (tertiary/aromatic N) is 1. The molecule has 1 aliphatic carbocycles. The molecule has 130 valence electrons. The predicted molar refractivity (Wildman–Crippen MR) is 113 cm³/mol. The van der Waals surface area contributed by atoms with Gasteiger partial charge in [0, 0.05) is 5.56 Å². The molecule has 0 N–H and O–H groups in total. The van der Waals surface area contributed by atoms with E-state index in [9.17, 15) is 0 Å². The summed E-state index contributed by atoms with van der Waals surface area (Å²) in [5, 5.41) is 0. The van der Waals surface area contributed by atoms with Crippen LogP contribution in [0.5, 0.6) is 0 Å². The molecule has 0 saturated heterocycles. The summed E-state index contributed by atoms with van der Waals surface area (Å²) in [7, 11) is 0. The lowest BCUT2D eigenvalue weighted by molar-refractivity contribution is 1.02. The van der Waals surface area contributed by atoms with Gasteiger partial charge in [0.25, 0.3) is 0 Å². The summed E-state index contributed by atoms with van der Waals surface area (Å²) >= 11 is 0. The van der Waals surface area contributed by atoms with Crippen LogP contribution < -0.4 is 0 Å². The van der Waals surface area contributed by atoms with Crippen molar-refractivity contribution in [1.82, 2.24) is 0 Å². The van der Waals surface area contributed by atoms with Crippen molar-refractivity contribution >= 4 is 11.3 Å². The Morgan fingerprint density at radius 2 is 1.69 bits per heavy atom. The highest BCUT2D eigenvalue weighted by Crippen LogP contribution is 2.21. The molecule has 2 aromatic carbocycles. The highest BCUT2D eigenvalue weighted by atomic mass is 14.8. The van der Waals surface area contributed by atoms with Crippen LogP contribution in [0.25, 0.3) is 5.57 Å². The number of allylic oxidation sites excluding steroid dienone is 5. The third-order valence-electron chi connectivity index (χ3n) is 4.51. The van der Waals surface area contributed by atoms with Crippen LogP contribution in [0.15, 0.2) is 102 Å². The quantitative estimate of drug-likeness (QED) is 0.539. The van der Waals surface area contributed by atoms with Crippen LogP contribution in [0.2, 0.25) is 0 Å². The van der Waals surface area contributed by atoms with Gasteiger partial charge < -0.3 is 0 Å². The van der Waals surface area contributed by atoms with Crippen molar-refractivity contribution in [3.05, 3.63) is 113 Å². The lowest BCUT2D eigenvalue weighted by Gasteiger charge is -2.10. The minimum absolute atomic E-state index is 0.814. The van der Waals surface area contributed by atoms with Crippen molar-refractivity contribution in [2.45, 2.75) is 26.7 Å². The molecule has 0 heterocycles. The summed E-state index contributed by atoms with van der Waals surface area (Å²) in [6.45, 7) is 8.43. The second kappa shape index (κ2) is 8.44. The lowest BCUT2D eigenvalue weighted by Crippen LogP contribution is -2.00. The Morgan fingerprint density at radius 3 is 2.35 bits per heavy atom. The van der Waals surface area contributed by atoms with Crippen LogP contribution in [-0.2, 0) is 0 Å². The molecule has 0 bridgehead atoms. The molecular formula is C25H25N. The molecule has 0 atom stereocenters. The fraction of sp³-hybridized carbons (Fsp3) is 0.160. The predicted octanol–water partition coefficient (Wildman–Crippen LogP) is 6.68. The zero-order valence-electron chi connectivity index (χ0n) is 15.6. The second-order valence-corrected chi connectivity index (χ2v) is 6.64. The Bertz CT molecular complexity index is 891. The van der Waals surface area contributed by atoms with Crippen LogP contribution in [0, 0.1) is 6.92 Å². The van der Waals surface area contributed by atoms with Crippen molar-refractivity contribution in [3.8, 4) is 0 Å². The van der Waals surface area contributed by atoms with Crippen molar-refractivity contribution in [2.24, 2.45) is 4.99 Å². The van der Waals surface area contributed by atoms with Gasteiger partial charge in [-0.15, -0.1) is 0 Å². The first-order valence-electron chi connectivity index (χ1n) is 9.09. The number of aryl methyl sites for hydroxylation is 1. The molecule has 0 unspecified atom stereocenters. The van der Waals surface area contributed by atoms with Crippen molar-refractivity contribution in [3.63, 3.8) is 0 Å². The van der Waals surface area contributed by atoms with E-state index in [4.69, 9.17) is 4.99 Å². The van der Waals surface area contributed by atoms with E-state index in [0.29, 0.717) is 0 Å². The average Bonchev–Trinajstić information content (AvgIpc) is 2.69. The van der Waals surface area contributed by atoms with Crippen LogP contribution >= 0.6 is 0 Å². The first kappa shape index (κ1) is 17.9. The van der Waals surface area contributed by atoms with Gasteiger partial charge in [-0.25, -0.2) is 4.99 Å². The van der Waals surface area contributed by atoms with Crippen LogP contribution in [0.1, 0.15) is 36.5 Å². The molecule has 3 rings (SSSR count). The normalized spacial score (nSPS) is 14.9. The highest BCUT2D eigenvalue weighted by molar-refractivity contribution is 6.12. The minimum Gasteiger partial charge on any atom is -0.248 e. The van der Waals surface area contributed by atoms with Crippen molar-refractivity contribution in [1.29, 1.82) is 0 Å². The molecule has 1 heteroatoms. The molecule has 26 heavy (non-hydrogen) atoms. The summed E-state index contributed by atoms with van der Waals surface area (Å²) in [5.41, 5.74) is 7.61. The molecule has 1 aliphatic rings. The van der Waals surface area contributed by atoms with Crippen LogP contribution in [-0.4, -0.2) is 5.71 Å². The Kier molecular flexibility index (Phi) is 5.80. The summed E-state index contributed by atoms with van der Waals surface area (Å²) in [4.78, 5) is 4.89. The number of benzene rings is 2. The number of aliphatic imine (C=N–C) groups is 1. The zero-order chi connectivity index (χ0) is 18.4. The molecule has 0 amide bonds. The average molecular weight is 339 g/mol. The monoisotopic (exact) mass is 339 g/mol. The molecule has 0 aliphatic heterocycles. The van der Waals surface area contributed by atoms with E-state index in [1.54, 1.807) is 0 Å². The van der Waals surface area contributed by atoms with Gasteiger partial charge >= 0.3 is 0 Å². The molecule has 0 spiro atoms. The zero-order valence-corrected chi connectivity index (χ0v) is 15.6. The molecule has 2 aromatic rings. The lowest BCUT2D eigenvalue weighted by atomic mass is 10.0. The van der Waals surface area contributed by atoms with Gasteiger partial charge in [0.15, 0.2) is 0 Å². The molecular weight excluding hydrogens is 314 g/mol. The van der Waals surface area contributed by atoms with E-state index < -0.39 is 0 Å². The Hall–Kier alpha value is -2.93. The van der Waals surface area contributed by atoms with Crippen LogP contribution in [0.3, 0.4) is 0 Å². The number of hydrogen-bond donors (Lipinski definition) is 0. The van der Waals surface area contributed by atoms with E-state index in [0.717, 1.165) is 35.4 Å². The third-order valence-corrected chi connectivity index (χ3v) is 4.51. The van der Waals surface area contributed by atoms with Gasteiger partial charge in [-0.3, -0.25) is 0 Å². The van der Waals surface area contributed by atoms with E-state index in [1.165, 1.54) is 16.7 Å². The minimum atomic E-state index is 0.814. The maximum Gasteiger partial charge on any atom is 0.0712 e. The van der Waals surface area contributed by atoms with E-state index in [1.807, 2.05) is 6.07 Å². The molecule has 0 radical (unpaired) electrons. The van der Waals surface area contributed by atoms with Gasteiger partial charge in [-0.1, -0.05) is 85.0 Å². The maximum atomic E-state index is 4.89. The number of rotatable bonds is 5. The van der Waals surface area contributed by atoms with Gasteiger partial charge in [-0.05, 0) is 49.5 Å². The third kappa shape index (κ3) is 4.58. The standard InChI is InChI=1S/C25H25N/c1-19-14-16-24(17-15-19)25(18-20(2)22-10-6-4-7-11-22)26-21(3)23-12-8-5-9-13-23/h4,6-8,10-18H,3,5,9H2,1-2H3/b20-18+,26-25?. The summed E-state index contributed by atoms with van der Waals surface area (Å²) in [6.07, 6.45) is 10.8. The first-order valence-corrected chi connectivity index (χ1v) is 9.09. The van der Waals surface area contributed by atoms with E-state index in [-0.39, 0.29) is 0 Å². The second-order valence-electron chi connectivity index (χ2n) is 6.64. The number of hydrogen-bond acceptors (Lipinski definition) is 1. The smallest absolute Gasteiger partial charge is 0.0712 e. The molecule has 1 nitrogen and oxygen atoms in total. The summed E-state index contributed by atoms with van der Waals surface area (Å²) < 4.78 is 0. The largest absolute Gasteiger partial charge is 0.248 e. The van der Waals surface area contributed by atoms with Gasteiger partial charge in [0.1, 0.15) is 0 Å². The molecule has 0 fully saturated rings. The van der Waals surface area contributed by atoms with Crippen molar-refractivity contribution < 1.29 is 0 Å². The van der Waals surface area contributed by atoms with E-state index >= 15 is 0 Å². The van der Waals surface area contributed by atoms with Gasteiger partial charge in [0.2, 0.25) is 0 Å². The SMILES string of the molecule is C=C(N=C(/C=C(\C)c1ccccc1)c1ccc(C)cc1)C1=CCCC=C1. The van der Waals surface area contributed by atoms with Gasteiger partial charge in [0.05, 0.1) is 11.4 Å². The highest BCUT2D eigenvalue weighted by Gasteiger charge is 2.07.